The molecule has 0 bridgehead atoms. The van der Waals surface area contributed by atoms with Crippen molar-refractivity contribution in [2.45, 2.75) is 20.0 Å². The monoisotopic (exact) mass is 417 g/mol. The molecule has 1 aromatic heterocycles. The molecule has 0 saturated heterocycles. The number of nitrogens with zero attached hydrogens (tertiary/aromatic N) is 2. The maximum Gasteiger partial charge on any atom is 0.338 e. The highest BCUT2D eigenvalue weighted by Crippen LogP contribution is 2.16. The largest absolute Gasteiger partial charge is 0.465 e. The number of aromatic nitrogens is 2. The molecule has 0 saturated carbocycles. The standard InChI is InChI=1S/C19H19N3O3.BrH/c1-3-21-15-10-6-7-11-16(15)22(19(21)20)12-17(23)13-8-4-5-9-14(13)18(24)25-2;/h4-11,20H,3,12H2,1-2H3;1H. The first-order valence-corrected chi connectivity index (χ1v) is 8.01. The number of methoxy groups -OCH3 is 1. The highest BCUT2D eigenvalue weighted by molar-refractivity contribution is 8.93. The summed E-state index contributed by atoms with van der Waals surface area (Å²) >= 11 is 0. The molecule has 26 heavy (non-hydrogen) atoms. The van der Waals surface area contributed by atoms with Crippen molar-refractivity contribution in [1.82, 2.24) is 9.13 Å². The molecule has 0 radical (unpaired) electrons. The van der Waals surface area contributed by atoms with Gasteiger partial charge in [0.25, 0.3) is 0 Å². The molecule has 0 atom stereocenters. The first-order valence-electron chi connectivity index (χ1n) is 8.01. The van der Waals surface area contributed by atoms with Crippen LogP contribution in [0.1, 0.15) is 27.6 Å². The number of hydrogen-bond acceptors (Lipinski definition) is 4. The Kier molecular flexibility index (Phi) is 6.15. The number of ketones is 1. The van der Waals surface area contributed by atoms with E-state index in [1.54, 1.807) is 28.8 Å². The lowest BCUT2D eigenvalue weighted by Gasteiger charge is -2.08. The third-order valence-electron chi connectivity index (χ3n) is 4.23. The Labute approximate surface area is 161 Å². The van der Waals surface area contributed by atoms with E-state index < -0.39 is 5.97 Å². The number of halogens is 1. The van der Waals surface area contributed by atoms with Crippen molar-refractivity contribution in [2.75, 3.05) is 7.11 Å². The second kappa shape index (κ2) is 8.14. The summed E-state index contributed by atoms with van der Waals surface area (Å²) in [4.78, 5) is 24.7. The third-order valence-corrected chi connectivity index (χ3v) is 4.23. The van der Waals surface area contributed by atoms with Crippen LogP contribution in [0, 0.1) is 5.41 Å². The SMILES string of the molecule is Br.CCn1c(=N)n(CC(=O)c2ccccc2C(=O)OC)c2ccccc21. The number of aryl methyl sites for hydroxylation is 1. The van der Waals surface area contributed by atoms with Crippen LogP contribution in [0.25, 0.3) is 11.0 Å². The fraction of sp³-hybridized carbons (Fsp3) is 0.211. The number of benzene rings is 2. The van der Waals surface area contributed by atoms with E-state index in [1.165, 1.54) is 7.11 Å². The second-order valence-electron chi connectivity index (χ2n) is 5.60. The van der Waals surface area contributed by atoms with Crippen LogP contribution in [0.2, 0.25) is 0 Å². The minimum atomic E-state index is -0.545. The molecule has 2 aromatic carbocycles. The number of hydrogen-bond donors (Lipinski definition) is 1. The molecule has 136 valence electrons. The van der Waals surface area contributed by atoms with Gasteiger partial charge < -0.3 is 13.9 Å². The van der Waals surface area contributed by atoms with E-state index in [2.05, 4.69) is 0 Å². The lowest BCUT2D eigenvalue weighted by Crippen LogP contribution is -2.27. The molecular weight excluding hydrogens is 398 g/mol. The summed E-state index contributed by atoms with van der Waals surface area (Å²) in [5, 5.41) is 8.39. The van der Waals surface area contributed by atoms with Crippen molar-refractivity contribution < 1.29 is 14.3 Å². The Balaban J connectivity index is 0.00000243. The van der Waals surface area contributed by atoms with Crippen molar-refractivity contribution in [2.24, 2.45) is 0 Å². The van der Waals surface area contributed by atoms with Gasteiger partial charge in [-0.25, -0.2) is 4.79 Å². The highest BCUT2D eigenvalue weighted by atomic mass is 79.9. The van der Waals surface area contributed by atoms with Crippen molar-refractivity contribution in [3.63, 3.8) is 0 Å². The van der Waals surface area contributed by atoms with Gasteiger partial charge in [0.2, 0.25) is 5.62 Å². The van der Waals surface area contributed by atoms with Crippen LogP contribution < -0.4 is 5.62 Å². The Morgan fingerprint density at radius 2 is 1.50 bits per heavy atom. The van der Waals surface area contributed by atoms with Crippen molar-refractivity contribution in [3.05, 3.63) is 65.3 Å². The normalized spacial score (nSPS) is 10.4. The maximum absolute atomic E-state index is 12.8. The molecule has 0 unspecified atom stereocenters. The summed E-state index contributed by atoms with van der Waals surface area (Å²) in [5.74, 6) is -0.783. The molecule has 0 fully saturated rings. The molecule has 3 aromatic rings. The predicted molar refractivity (Wildman–Crippen MR) is 104 cm³/mol. The molecule has 3 rings (SSSR count). The number of Topliss-reactive ketones (excluding diaryl/α,β-unsaturated/α-hetero) is 1. The fourth-order valence-electron chi connectivity index (χ4n) is 3.02. The van der Waals surface area contributed by atoms with E-state index >= 15 is 0 Å². The van der Waals surface area contributed by atoms with Crippen LogP contribution in [0.15, 0.2) is 48.5 Å². The Morgan fingerprint density at radius 3 is 2.08 bits per heavy atom. The average molecular weight is 418 g/mol. The number of fused-ring (bicyclic) bond motifs is 1. The summed E-state index contributed by atoms with van der Waals surface area (Å²) in [6.07, 6.45) is 0. The first-order chi connectivity index (χ1) is 12.1. The van der Waals surface area contributed by atoms with Crippen molar-refractivity contribution in [1.29, 1.82) is 5.41 Å². The van der Waals surface area contributed by atoms with E-state index in [-0.39, 0.29) is 40.5 Å². The fourth-order valence-corrected chi connectivity index (χ4v) is 3.02. The quantitative estimate of drug-likeness (QED) is 0.511. The molecule has 0 spiro atoms. The molecule has 0 aliphatic heterocycles. The van der Waals surface area contributed by atoms with E-state index in [9.17, 15) is 9.59 Å². The minimum Gasteiger partial charge on any atom is -0.465 e. The molecular formula is C19H20BrN3O3. The summed E-state index contributed by atoms with van der Waals surface area (Å²) in [6.45, 7) is 2.59. The van der Waals surface area contributed by atoms with Crippen molar-refractivity contribution >= 4 is 39.8 Å². The zero-order valence-corrected chi connectivity index (χ0v) is 16.3. The molecule has 6 nitrogen and oxygen atoms in total. The zero-order chi connectivity index (χ0) is 18.0. The van der Waals surface area contributed by atoms with Crippen molar-refractivity contribution in [3.8, 4) is 0 Å². The number of imidazole rings is 1. The average Bonchev–Trinajstić information content (AvgIpc) is 2.92. The number of para-hydroxylation sites is 2. The Hall–Kier alpha value is -2.67. The number of rotatable bonds is 5. The smallest absolute Gasteiger partial charge is 0.338 e. The molecule has 1 N–H and O–H groups in total. The molecule has 0 amide bonds. The van der Waals surface area contributed by atoms with Gasteiger partial charge in [0, 0.05) is 12.1 Å². The third kappa shape index (κ3) is 3.35. The second-order valence-corrected chi connectivity index (χ2v) is 5.60. The van der Waals surface area contributed by atoms with Crippen LogP contribution in [0.3, 0.4) is 0 Å². The molecule has 7 heteroatoms. The number of esters is 1. The van der Waals surface area contributed by atoms with Crippen LogP contribution in [0.4, 0.5) is 0 Å². The minimum absolute atomic E-state index is 0. The first kappa shape index (κ1) is 19.7. The number of carbonyl (C=O) groups is 2. The van der Waals surface area contributed by atoms with Gasteiger partial charge in [0.15, 0.2) is 5.78 Å². The van der Waals surface area contributed by atoms with E-state index in [4.69, 9.17) is 10.1 Å². The maximum atomic E-state index is 12.8. The van der Waals surface area contributed by atoms with Crippen LogP contribution in [-0.2, 0) is 17.8 Å². The number of ether oxygens (including phenoxy) is 1. The lowest BCUT2D eigenvalue weighted by molar-refractivity contribution is 0.0596. The molecule has 1 heterocycles. The number of nitrogens with one attached hydrogen (secondary N) is 1. The van der Waals surface area contributed by atoms with Gasteiger partial charge in [-0.3, -0.25) is 10.2 Å². The zero-order valence-electron chi connectivity index (χ0n) is 14.6. The molecule has 0 aliphatic rings. The predicted octanol–water partition coefficient (Wildman–Crippen LogP) is 3.19. The van der Waals surface area contributed by atoms with E-state index in [0.29, 0.717) is 12.1 Å². The summed E-state index contributed by atoms with van der Waals surface area (Å²) in [5.41, 5.74) is 2.52. The highest BCUT2D eigenvalue weighted by Gasteiger charge is 2.19. The van der Waals surface area contributed by atoms with E-state index in [1.807, 2.05) is 35.8 Å². The van der Waals surface area contributed by atoms with Gasteiger partial charge in [-0.15, -0.1) is 17.0 Å². The molecule has 0 aliphatic carbocycles. The van der Waals surface area contributed by atoms with E-state index in [0.717, 1.165) is 11.0 Å². The van der Waals surface area contributed by atoms with Gasteiger partial charge in [0.1, 0.15) is 0 Å². The summed E-state index contributed by atoms with van der Waals surface area (Å²) in [7, 11) is 1.29. The van der Waals surface area contributed by atoms with Crippen LogP contribution in [-0.4, -0.2) is 28.0 Å². The summed E-state index contributed by atoms with van der Waals surface area (Å²) in [6, 6.07) is 14.2. The topological polar surface area (TPSA) is 77.1 Å². The summed E-state index contributed by atoms with van der Waals surface area (Å²) < 4.78 is 8.26. The van der Waals surface area contributed by atoms with Gasteiger partial charge in [-0.2, -0.15) is 0 Å². The van der Waals surface area contributed by atoms with Crippen LogP contribution >= 0.6 is 17.0 Å². The lowest BCUT2D eigenvalue weighted by atomic mass is 10.0. The van der Waals surface area contributed by atoms with Gasteiger partial charge in [-0.1, -0.05) is 30.3 Å². The van der Waals surface area contributed by atoms with Gasteiger partial charge in [0.05, 0.1) is 30.3 Å². The number of carbonyl (C=O) groups excluding carboxylic acids is 2. The van der Waals surface area contributed by atoms with Gasteiger partial charge >= 0.3 is 5.97 Å². The Morgan fingerprint density at radius 1 is 0.962 bits per heavy atom. The Bertz CT molecular complexity index is 1020. The van der Waals surface area contributed by atoms with Crippen LogP contribution in [0.5, 0.6) is 0 Å². The van der Waals surface area contributed by atoms with Gasteiger partial charge in [-0.05, 0) is 25.1 Å².